The minimum Gasteiger partial charge on any atom is -0.208 e. The van der Waals surface area contributed by atoms with Crippen LogP contribution in [0.25, 0.3) is 0 Å². The molecular formula is C13H18BrNO2S2. The lowest BCUT2D eigenvalue weighted by molar-refractivity contribution is 0.552. The number of hydrogen-bond acceptors (Lipinski definition) is 3. The fraction of sp³-hybridized carbons (Fsp3) is 0.538. The van der Waals surface area contributed by atoms with Gasteiger partial charge in [0.2, 0.25) is 10.0 Å². The second-order valence-corrected chi connectivity index (χ2v) is 8.87. The lowest BCUT2D eigenvalue weighted by atomic mass is 10.3. The largest absolute Gasteiger partial charge is 0.240 e. The molecule has 1 aromatic rings. The van der Waals surface area contributed by atoms with Gasteiger partial charge in [-0.2, -0.15) is 11.8 Å². The first-order chi connectivity index (χ1) is 9.01. The number of thioether (sulfide) groups is 1. The number of nitrogens with one attached hydrogen (secondary N) is 1. The Hall–Kier alpha value is -0.0400. The molecule has 19 heavy (non-hydrogen) atoms. The van der Waals surface area contributed by atoms with E-state index in [1.54, 1.807) is 24.3 Å². The quantitative estimate of drug-likeness (QED) is 0.871. The SMILES string of the molecule is CCSC1CCC(NS(=O)(=O)c2ccc(Br)cc2)C1. The Balaban J connectivity index is 2.00. The maximum Gasteiger partial charge on any atom is 0.240 e. The minimum absolute atomic E-state index is 0.0812. The summed E-state index contributed by atoms with van der Waals surface area (Å²) >= 11 is 5.23. The topological polar surface area (TPSA) is 46.2 Å². The summed E-state index contributed by atoms with van der Waals surface area (Å²) in [7, 11) is -3.38. The van der Waals surface area contributed by atoms with Gasteiger partial charge < -0.3 is 0 Å². The van der Waals surface area contributed by atoms with Crippen molar-refractivity contribution >= 4 is 37.7 Å². The molecule has 0 spiro atoms. The van der Waals surface area contributed by atoms with E-state index in [1.165, 1.54) is 0 Å². The minimum atomic E-state index is -3.38. The average Bonchev–Trinajstić information content (AvgIpc) is 2.77. The third-order valence-electron chi connectivity index (χ3n) is 3.23. The molecule has 2 rings (SSSR count). The van der Waals surface area contributed by atoms with Crippen molar-refractivity contribution in [3.63, 3.8) is 0 Å². The molecule has 6 heteroatoms. The first kappa shape index (κ1) is 15.4. The number of halogens is 1. The van der Waals surface area contributed by atoms with E-state index in [-0.39, 0.29) is 6.04 Å². The summed E-state index contributed by atoms with van der Waals surface area (Å²) in [5, 5.41) is 0.600. The van der Waals surface area contributed by atoms with E-state index in [0.717, 1.165) is 29.5 Å². The molecule has 3 nitrogen and oxygen atoms in total. The van der Waals surface area contributed by atoms with Crippen LogP contribution in [0.1, 0.15) is 26.2 Å². The Morgan fingerprint density at radius 2 is 2.00 bits per heavy atom. The van der Waals surface area contributed by atoms with Gasteiger partial charge >= 0.3 is 0 Å². The predicted octanol–water partition coefficient (Wildman–Crippen LogP) is 3.40. The molecule has 1 saturated carbocycles. The molecule has 0 bridgehead atoms. The zero-order valence-electron chi connectivity index (χ0n) is 10.8. The second-order valence-electron chi connectivity index (χ2n) is 4.66. The van der Waals surface area contributed by atoms with Gasteiger partial charge in [0.05, 0.1) is 4.90 Å². The molecule has 0 saturated heterocycles. The van der Waals surface area contributed by atoms with E-state index in [1.807, 2.05) is 11.8 Å². The monoisotopic (exact) mass is 363 g/mol. The van der Waals surface area contributed by atoms with Crippen LogP contribution >= 0.6 is 27.7 Å². The Labute approximate surface area is 127 Å². The van der Waals surface area contributed by atoms with Crippen LogP contribution in [0.2, 0.25) is 0 Å². The van der Waals surface area contributed by atoms with Gasteiger partial charge in [0.15, 0.2) is 0 Å². The van der Waals surface area contributed by atoms with Gasteiger partial charge in [0.25, 0.3) is 0 Å². The molecule has 0 amide bonds. The highest BCUT2D eigenvalue weighted by Gasteiger charge is 2.28. The van der Waals surface area contributed by atoms with Crippen LogP contribution in [-0.2, 0) is 10.0 Å². The highest BCUT2D eigenvalue weighted by Crippen LogP contribution is 2.30. The first-order valence-corrected chi connectivity index (χ1v) is 9.73. The summed E-state index contributed by atoms with van der Waals surface area (Å²) < 4.78 is 28.2. The third-order valence-corrected chi connectivity index (χ3v) is 6.53. The van der Waals surface area contributed by atoms with Crippen molar-refractivity contribution in [2.75, 3.05) is 5.75 Å². The van der Waals surface area contributed by atoms with E-state index in [4.69, 9.17) is 0 Å². The van der Waals surface area contributed by atoms with Crippen molar-refractivity contribution in [2.24, 2.45) is 0 Å². The van der Waals surface area contributed by atoms with Gasteiger partial charge in [-0.15, -0.1) is 0 Å². The van der Waals surface area contributed by atoms with E-state index in [0.29, 0.717) is 10.1 Å². The number of sulfonamides is 1. The summed E-state index contributed by atoms with van der Waals surface area (Å²) in [5.74, 6) is 1.09. The van der Waals surface area contributed by atoms with Gasteiger partial charge in [0.1, 0.15) is 0 Å². The van der Waals surface area contributed by atoms with Crippen LogP contribution in [0.5, 0.6) is 0 Å². The van der Waals surface area contributed by atoms with Crippen molar-refractivity contribution in [3.05, 3.63) is 28.7 Å². The fourth-order valence-corrected chi connectivity index (χ4v) is 5.03. The molecule has 0 aliphatic heterocycles. The van der Waals surface area contributed by atoms with Crippen LogP contribution in [0.3, 0.4) is 0 Å². The third kappa shape index (κ3) is 4.21. The predicted molar refractivity (Wildman–Crippen MR) is 84.0 cm³/mol. The Morgan fingerprint density at radius 1 is 1.32 bits per heavy atom. The summed E-state index contributed by atoms with van der Waals surface area (Å²) in [4.78, 5) is 0.335. The molecule has 0 radical (unpaired) electrons. The smallest absolute Gasteiger partial charge is 0.208 e. The zero-order chi connectivity index (χ0) is 13.9. The fourth-order valence-electron chi connectivity index (χ4n) is 2.34. The van der Waals surface area contributed by atoms with Crippen molar-refractivity contribution < 1.29 is 8.42 Å². The van der Waals surface area contributed by atoms with E-state index in [2.05, 4.69) is 27.6 Å². The number of benzene rings is 1. The molecule has 0 aromatic heterocycles. The number of rotatable bonds is 5. The molecule has 1 aromatic carbocycles. The summed E-state index contributed by atoms with van der Waals surface area (Å²) in [6, 6.07) is 6.83. The average molecular weight is 364 g/mol. The molecular weight excluding hydrogens is 346 g/mol. The molecule has 1 fully saturated rings. The van der Waals surface area contributed by atoms with Crippen molar-refractivity contribution in [1.82, 2.24) is 4.72 Å². The van der Waals surface area contributed by atoms with Crippen molar-refractivity contribution in [1.29, 1.82) is 0 Å². The Bertz CT molecular complexity index is 516. The van der Waals surface area contributed by atoms with Gasteiger partial charge in [-0.3, -0.25) is 0 Å². The van der Waals surface area contributed by atoms with Gasteiger partial charge in [-0.1, -0.05) is 22.9 Å². The van der Waals surface area contributed by atoms with Gasteiger partial charge in [0, 0.05) is 15.8 Å². The summed E-state index contributed by atoms with van der Waals surface area (Å²) in [6.07, 6.45) is 2.98. The molecule has 2 unspecified atom stereocenters. The standard InChI is InChI=1S/C13H18BrNO2S2/c1-2-18-12-6-5-11(9-12)15-19(16,17)13-7-3-10(14)4-8-13/h3-4,7-8,11-12,15H,2,5-6,9H2,1H3. The van der Waals surface area contributed by atoms with Gasteiger partial charge in [-0.05, 0) is 49.3 Å². The normalized spacial score (nSPS) is 23.7. The highest BCUT2D eigenvalue weighted by molar-refractivity contribution is 9.10. The lowest BCUT2D eigenvalue weighted by Crippen LogP contribution is -2.33. The maximum absolute atomic E-state index is 12.2. The second kappa shape index (κ2) is 6.61. The van der Waals surface area contributed by atoms with Crippen LogP contribution in [-0.4, -0.2) is 25.5 Å². The van der Waals surface area contributed by atoms with Crippen molar-refractivity contribution in [2.45, 2.75) is 42.4 Å². The highest BCUT2D eigenvalue weighted by atomic mass is 79.9. The Morgan fingerprint density at radius 3 is 2.63 bits per heavy atom. The van der Waals surface area contributed by atoms with E-state index >= 15 is 0 Å². The molecule has 1 aliphatic carbocycles. The summed E-state index contributed by atoms with van der Waals surface area (Å²) in [6.45, 7) is 2.14. The molecule has 2 atom stereocenters. The van der Waals surface area contributed by atoms with Crippen LogP contribution in [0.4, 0.5) is 0 Å². The zero-order valence-corrected chi connectivity index (χ0v) is 14.0. The van der Waals surface area contributed by atoms with Crippen LogP contribution in [0, 0.1) is 0 Å². The van der Waals surface area contributed by atoms with Gasteiger partial charge in [-0.25, -0.2) is 13.1 Å². The van der Waals surface area contributed by atoms with E-state index < -0.39 is 10.0 Å². The summed E-state index contributed by atoms with van der Waals surface area (Å²) in [5.41, 5.74) is 0. The lowest BCUT2D eigenvalue weighted by Gasteiger charge is -2.13. The van der Waals surface area contributed by atoms with Crippen LogP contribution in [0.15, 0.2) is 33.6 Å². The van der Waals surface area contributed by atoms with E-state index in [9.17, 15) is 8.42 Å². The maximum atomic E-state index is 12.2. The Kier molecular flexibility index (Phi) is 5.34. The molecule has 0 heterocycles. The molecule has 1 N–H and O–H groups in total. The van der Waals surface area contributed by atoms with Crippen molar-refractivity contribution in [3.8, 4) is 0 Å². The molecule has 1 aliphatic rings. The van der Waals surface area contributed by atoms with Crippen LogP contribution < -0.4 is 4.72 Å². The molecule has 106 valence electrons. The number of hydrogen-bond donors (Lipinski definition) is 1. The first-order valence-electron chi connectivity index (χ1n) is 6.41.